The fourth-order valence-electron chi connectivity index (χ4n) is 7.18. The number of pyridine rings is 1. The van der Waals surface area contributed by atoms with E-state index in [9.17, 15) is 9.90 Å². The quantitative estimate of drug-likeness (QED) is 0.640. The van der Waals surface area contributed by atoms with Crippen LogP contribution < -0.4 is 10.4 Å². The molecule has 3 fully saturated rings. The van der Waals surface area contributed by atoms with Crippen LogP contribution in [0.3, 0.4) is 0 Å². The minimum absolute atomic E-state index is 0.0467. The van der Waals surface area contributed by atoms with Gasteiger partial charge in [0.05, 0.1) is 18.8 Å². The Bertz CT molecular complexity index is 1270. The van der Waals surface area contributed by atoms with Crippen LogP contribution in [0, 0.1) is 16.7 Å². The molecule has 2 aliphatic carbocycles. The van der Waals surface area contributed by atoms with E-state index in [4.69, 9.17) is 18.6 Å². The van der Waals surface area contributed by atoms with Crippen molar-refractivity contribution in [1.29, 1.82) is 0 Å². The van der Waals surface area contributed by atoms with Gasteiger partial charge in [-0.15, -0.1) is 0 Å². The Hall–Kier alpha value is -2.48. The first-order valence-corrected chi connectivity index (χ1v) is 12.5. The van der Waals surface area contributed by atoms with E-state index >= 15 is 0 Å². The van der Waals surface area contributed by atoms with Crippen LogP contribution in [0.25, 0.3) is 17.4 Å². The number of hydrogen-bond donors (Lipinski definition) is 1. The van der Waals surface area contributed by atoms with E-state index in [1.54, 1.807) is 24.5 Å². The Morgan fingerprint density at radius 3 is 2.71 bits per heavy atom. The summed E-state index contributed by atoms with van der Waals surface area (Å²) in [5.74, 6) is 0.310. The lowest BCUT2D eigenvalue weighted by Crippen LogP contribution is -2.67. The molecule has 1 saturated heterocycles. The van der Waals surface area contributed by atoms with Gasteiger partial charge in [0.1, 0.15) is 17.1 Å². The Balaban J connectivity index is 1.46. The Morgan fingerprint density at radius 2 is 1.97 bits per heavy atom. The van der Waals surface area contributed by atoms with Crippen LogP contribution in [0.5, 0.6) is 5.75 Å². The molecular weight excluding hydrogens is 446 g/mol. The van der Waals surface area contributed by atoms with Crippen LogP contribution in [-0.2, 0) is 9.47 Å². The topological polar surface area (TPSA) is 91.0 Å². The predicted octanol–water partition coefficient (Wildman–Crippen LogP) is 4.58. The minimum atomic E-state index is -0.947. The molecule has 4 aliphatic rings. The van der Waals surface area contributed by atoms with Gasteiger partial charge in [-0.1, -0.05) is 13.8 Å². The normalized spacial score (nSPS) is 39.3. The average molecular weight is 480 g/mol. The van der Waals surface area contributed by atoms with Gasteiger partial charge in [-0.2, -0.15) is 0 Å². The monoisotopic (exact) mass is 479 g/mol. The van der Waals surface area contributed by atoms with Crippen LogP contribution in [0.1, 0.15) is 59.4 Å². The van der Waals surface area contributed by atoms with Crippen molar-refractivity contribution < 1.29 is 23.7 Å². The summed E-state index contributed by atoms with van der Waals surface area (Å²) in [5.41, 5.74) is 0.0777. The number of fused-ring (bicyclic) bond motifs is 6. The molecule has 2 aromatic heterocycles. The third-order valence-corrected chi connectivity index (χ3v) is 9.14. The number of aliphatic hydroxyl groups excluding tert-OH is 1. The molecule has 2 aliphatic heterocycles. The molecule has 6 atom stereocenters. The molecule has 35 heavy (non-hydrogen) atoms. The molecule has 0 aromatic carbocycles. The molecule has 4 heterocycles. The average Bonchev–Trinajstić information content (AvgIpc) is 2.81. The molecular formula is C28H33NO6. The summed E-state index contributed by atoms with van der Waals surface area (Å²) in [6, 6.07) is 5.35. The molecule has 0 bridgehead atoms. The highest BCUT2D eigenvalue weighted by atomic mass is 16.7. The van der Waals surface area contributed by atoms with Crippen molar-refractivity contribution in [3.63, 3.8) is 0 Å². The van der Waals surface area contributed by atoms with Crippen LogP contribution in [0.4, 0.5) is 0 Å². The van der Waals surface area contributed by atoms with Crippen molar-refractivity contribution in [2.75, 3.05) is 6.61 Å². The van der Waals surface area contributed by atoms with Crippen molar-refractivity contribution in [2.45, 2.75) is 77.5 Å². The summed E-state index contributed by atoms with van der Waals surface area (Å²) >= 11 is 0. The summed E-state index contributed by atoms with van der Waals surface area (Å²) in [6.45, 7) is 10.9. The van der Waals surface area contributed by atoms with Gasteiger partial charge < -0.3 is 23.7 Å². The van der Waals surface area contributed by atoms with Crippen molar-refractivity contribution in [3.05, 3.63) is 52.1 Å². The summed E-state index contributed by atoms with van der Waals surface area (Å²) in [6.07, 6.45) is 6.85. The highest BCUT2D eigenvalue weighted by molar-refractivity contribution is 5.69. The maximum absolute atomic E-state index is 13.1. The minimum Gasteiger partial charge on any atom is -0.479 e. The maximum atomic E-state index is 13.1. The van der Waals surface area contributed by atoms with E-state index in [1.165, 1.54) is 0 Å². The molecule has 0 unspecified atom stereocenters. The van der Waals surface area contributed by atoms with E-state index in [2.05, 4.69) is 18.8 Å². The van der Waals surface area contributed by atoms with Crippen LogP contribution in [0.2, 0.25) is 0 Å². The van der Waals surface area contributed by atoms with Crippen molar-refractivity contribution in [3.8, 4) is 17.1 Å². The smallest absolute Gasteiger partial charge is 0.347 e. The fraction of sp³-hybridized carbons (Fsp3) is 0.571. The van der Waals surface area contributed by atoms with Gasteiger partial charge in [0.25, 0.3) is 0 Å². The number of aromatic nitrogens is 1. The first kappa shape index (κ1) is 23.0. The maximum Gasteiger partial charge on any atom is 0.347 e. The van der Waals surface area contributed by atoms with E-state index in [-0.39, 0.29) is 22.9 Å². The van der Waals surface area contributed by atoms with Gasteiger partial charge in [0.15, 0.2) is 11.4 Å². The zero-order valence-electron chi connectivity index (χ0n) is 21.0. The lowest BCUT2D eigenvalue weighted by Gasteiger charge is -2.65. The van der Waals surface area contributed by atoms with E-state index < -0.39 is 23.1 Å². The van der Waals surface area contributed by atoms with Crippen molar-refractivity contribution >= 4 is 6.08 Å². The number of rotatable bonds is 1. The molecule has 0 amide bonds. The highest BCUT2D eigenvalue weighted by Crippen LogP contribution is 2.65. The molecule has 2 aromatic rings. The van der Waals surface area contributed by atoms with Gasteiger partial charge in [0, 0.05) is 29.4 Å². The van der Waals surface area contributed by atoms with E-state index in [1.807, 2.05) is 32.9 Å². The van der Waals surface area contributed by atoms with E-state index in [0.29, 0.717) is 35.7 Å². The zero-order chi connectivity index (χ0) is 24.8. The number of aliphatic hydroxyl groups is 1. The summed E-state index contributed by atoms with van der Waals surface area (Å²) in [7, 11) is 0. The summed E-state index contributed by atoms with van der Waals surface area (Å²) < 4.78 is 24.7. The molecule has 2 saturated carbocycles. The first-order chi connectivity index (χ1) is 16.5. The van der Waals surface area contributed by atoms with Crippen LogP contribution in [-0.4, -0.2) is 40.3 Å². The van der Waals surface area contributed by atoms with Gasteiger partial charge in [-0.3, -0.25) is 4.98 Å². The Labute approximate surface area is 205 Å². The van der Waals surface area contributed by atoms with Crippen molar-refractivity contribution in [1.82, 2.24) is 4.98 Å². The second kappa shape index (κ2) is 7.28. The summed E-state index contributed by atoms with van der Waals surface area (Å²) in [4.78, 5) is 17.3. The molecule has 0 radical (unpaired) electrons. The Morgan fingerprint density at radius 1 is 1.17 bits per heavy atom. The molecule has 6 rings (SSSR count). The largest absolute Gasteiger partial charge is 0.479 e. The second-order valence-corrected chi connectivity index (χ2v) is 11.7. The lowest BCUT2D eigenvalue weighted by molar-refractivity contribution is -0.343. The predicted molar refractivity (Wildman–Crippen MR) is 130 cm³/mol. The number of hydrogen-bond acceptors (Lipinski definition) is 7. The zero-order valence-corrected chi connectivity index (χ0v) is 21.0. The SMILES string of the molecule is CC1(C)OC[C@]2(C)[C@H](CC[C@]3(C)C4=Cc5c(cc(-c6cccnc6)oc5=O)O[C@]4(C)[C@@H](O)C[C@@H]23)O1. The van der Waals surface area contributed by atoms with Crippen molar-refractivity contribution in [2.24, 2.45) is 16.7 Å². The summed E-state index contributed by atoms with van der Waals surface area (Å²) in [5, 5.41) is 11.5. The standard InChI is InChI=1S/C28H33NO6/c1-25(2)32-15-27(4)20-13-22(30)28(5)21(26(20,3)9-8-23(27)35-25)11-17-19(34-28)12-18(33-24(17)31)16-7-6-10-29-14-16/h6-7,10-12,14,20,22-23,30H,8-9,13,15H2,1-5H3/t20-,22+,23+,26+,27+,28+/m1/s1. The van der Waals surface area contributed by atoms with Gasteiger partial charge >= 0.3 is 5.63 Å². The van der Waals surface area contributed by atoms with Gasteiger partial charge in [0.2, 0.25) is 0 Å². The third-order valence-electron chi connectivity index (χ3n) is 9.14. The van der Waals surface area contributed by atoms with E-state index in [0.717, 1.165) is 18.4 Å². The fourth-order valence-corrected chi connectivity index (χ4v) is 7.18. The highest BCUT2D eigenvalue weighted by Gasteiger charge is 2.66. The third kappa shape index (κ3) is 3.21. The number of ether oxygens (including phenoxy) is 3. The first-order valence-electron chi connectivity index (χ1n) is 12.5. The second-order valence-electron chi connectivity index (χ2n) is 11.7. The van der Waals surface area contributed by atoms with Gasteiger partial charge in [-0.05, 0) is 75.1 Å². The van der Waals surface area contributed by atoms with Crippen LogP contribution in [0.15, 0.2) is 45.4 Å². The molecule has 186 valence electrons. The van der Waals surface area contributed by atoms with Crippen LogP contribution >= 0.6 is 0 Å². The molecule has 1 N–H and O–H groups in total. The molecule has 0 spiro atoms. The lowest BCUT2D eigenvalue weighted by atomic mass is 9.45. The Kier molecular flexibility index (Phi) is 4.77. The van der Waals surface area contributed by atoms with Gasteiger partial charge in [-0.25, -0.2) is 4.79 Å². The number of nitrogens with zero attached hydrogens (tertiary/aromatic N) is 1. The molecule has 7 nitrogen and oxygen atoms in total. The molecule has 7 heteroatoms.